The SMILES string of the molecule is Cc1ccccc1CN1CCN(Cc2ccc(N(C)C(=O)OC(C)(C)C)cc2)C1=O. The maximum Gasteiger partial charge on any atom is 0.414 e. The lowest BCUT2D eigenvalue weighted by atomic mass is 10.1. The predicted octanol–water partition coefficient (Wildman–Crippen LogP) is 4.80. The van der Waals surface area contributed by atoms with Gasteiger partial charge in [0.15, 0.2) is 0 Å². The largest absolute Gasteiger partial charge is 0.443 e. The molecule has 0 unspecified atom stereocenters. The topological polar surface area (TPSA) is 53.1 Å². The number of hydrogen-bond acceptors (Lipinski definition) is 3. The van der Waals surface area contributed by atoms with Gasteiger partial charge in [0.05, 0.1) is 0 Å². The van der Waals surface area contributed by atoms with Crippen molar-refractivity contribution in [2.75, 3.05) is 25.0 Å². The van der Waals surface area contributed by atoms with Crippen molar-refractivity contribution in [1.82, 2.24) is 9.80 Å². The van der Waals surface area contributed by atoms with Gasteiger partial charge in [0, 0.05) is 38.9 Å². The molecule has 1 fully saturated rings. The van der Waals surface area contributed by atoms with Gasteiger partial charge in [-0.25, -0.2) is 9.59 Å². The summed E-state index contributed by atoms with van der Waals surface area (Å²) in [7, 11) is 1.69. The molecule has 3 rings (SSSR count). The number of benzene rings is 2. The molecule has 1 heterocycles. The molecule has 6 heteroatoms. The Balaban J connectivity index is 1.59. The Hall–Kier alpha value is -3.02. The highest BCUT2D eigenvalue weighted by molar-refractivity contribution is 5.87. The van der Waals surface area contributed by atoms with E-state index in [1.807, 2.05) is 67.0 Å². The smallest absolute Gasteiger partial charge is 0.414 e. The molecule has 0 aromatic heterocycles. The first-order valence-electron chi connectivity index (χ1n) is 10.3. The molecular formula is C24H31N3O3. The van der Waals surface area contributed by atoms with Crippen LogP contribution in [-0.4, -0.2) is 47.7 Å². The van der Waals surface area contributed by atoms with Crippen LogP contribution in [0.5, 0.6) is 0 Å². The van der Waals surface area contributed by atoms with E-state index < -0.39 is 11.7 Å². The second-order valence-corrected chi connectivity index (χ2v) is 8.76. The van der Waals surface area contributed by atoms with Crippen molar-refractivity contribution in [2.24, 2.45) is 0 Å². The van der Waals surface area contributed by atoms with Gasteiger partial charge in [-0.1, -0.05) is 36.4 Å². The van der Waals surface area contributed by atoms with Crippen LogP contribution >= 0.6 is 0 Å². The van der Waals surface area contributed by atoms with Crippen LogP contribution in [-0.2, 0) is 17.8 Å². The monoisotopic (exact) mass is 409 g/mol. The van der Waals surface area contributed by atoms with E-state index in [9.17, 15) is 9.59 Å². The minimum atomic E-state index is -0.536. The first-order valence-corrected chi connectivity index (χ1v) is 10.3. The molecule has 3 amide bonds. The van der Waals surface area contributed by atoms with Crippen molar-refractivity contribution >= 4 is 17.8 Å². The molecule has 1 aliphatic heterocycles. The molecule has 30 heavy (non-hydrogen) atoms. The number of rotatable bonds is 5. The molecular weight excluding hydrogens is 378 g/mol. The average Bonchev–Trinajstić information content (AvgIpc) is 3.02. The summed E-state index contributed by atoms with van der Waals surface area (Å²) in [4.78, 5) is 30.3. The fourth-order valence-corrected chi connectivity index (χ4v) is 3.40. The molecule has 0 bridgehead atoms. The predicted molar refractivity (Wildman–Crippen MR) is 118 cm³/mol. The summed E-state index contributed by atoms with van der Waals surface area (Å²) in [6.45, 7) is 10.2. The van der Waals surface area contributed by atoms with Gasteiger partial charge in [0.2, 0.25) is 0 Å². The lowest BCUT2D eigenvalue weighted by Gasteiger charge is -2.25. The number of urea groups is 1. The Labute approximate surface area is 179 Å². The number of aryl methyl sites for hydroxylation is 1. The minimum Gasteiger partial charge on any atom is -0.443 e. The molecule has 0 atom stereocenters. The van der Waals surface area contributed by atoms with Crippen LogP contribution in [0, 0.1) is 6.92 Å². The van der Waals surface area contributed by atoms with Gasteiger partial charge in [-0.15, -0.1) is 0 Å². The van der Waals surface area contributed by atoms with Crippen LogP contribution in [0.25, 0.3) is 0 Å². The van der Waals surface area contributed by atoms with Gasteiger partial charge in [-0.3, -0.25) is 4.90 Å². The molecule has 2 aromatic carbocycles. The standard InChI is InChI=1S/C24H31N3O3/c1-18-8-6-7-9-20(18)17-27-15-14-26(22(27)28)16-19-10-12-21(13-11-19)25(5)23(29)30-24(2,3)4/h6-13H,14-17H2,1-5H3. The summed E-state index contributed by atoms with van der Waals surface area (Å²) < 4.78 is 5.40. The summed E-state index contributed by atoms with van der Waals surface area (Å²) in [6, 6.07) is 15.9. The lowest BCUT2D eigenvalue weighted by molar-refractivity contribution is 0.0589. The van der Waals surface area contributed by atoms with Crippen LogP contribution in [0.15, 0.2) is 48.5 Å². The van der Waals surface area contributed by atoms with Crippen molar-refractivity contribution in [3.63, 3.8) is 0 Å². The minimum absolute atomic E-state index is 0.0632. The quantitative estimate of drug-likeness (QED) is 0.712. The van der Waals surface area contributed by atoms with E-state index in [4.69, 9.17) is 4.74 Å². The Morgan fingerprint density at radius 2 is 1.60 bits per heavy atom. The molecule has 160 valence electrons. The molecule has 0 spiro atoms. The molecule has 6 nitrogen and oxygen atoms in total. The maximum atomic E-state index is 12.8. The van der Waals surface area contributed by atoms with E-state index in [0.29, 0.717) is 19.6 Å². The van der Waals surface area contributed by atoms with Crippen molar-refractivity contribution in [1.29, 1.82) is 0 Å². The molecule has 2 aromatic rings. The fourth-order valence-electron chi connectivity index (χ4n) is 3.40. The summed E-state index contributed by atoms with van der Waals surface area (Å²) in [5.74, 6) is 0. The van der Waals surface area contributed by atoms with E-state index in [0.717, 1.165) is 17.8 Å². The third-order valence-electron chi connectivity index (χ3n) is 5.17. The zero-order valence-corrected chi connectivity index (χ0v) is 18.5. The van der Waals surface area contributed by atoms with Gasteiger partial charge >= 0.3 is 12.1 Å². The molecule has 0 N–H and O–H groups in total. The summed E-state index contributed by atoms with van der Waals surface area (Å²) in [5.41, 5.74) is 3.63. The maximum absolute atomic E-state index is 12.8. The number of carbonyl (C=O) groups is 2. The zero-order valence-electron chi connectivity index (χ0n) is 18.5. The van der Waals surface area contributed by atoms with Gasteiger partial charge in [0.25, 0.3) is 0 Å². The molecule has 0 radical (unpaired) electrons. The van der Waals surface area contributed by atoms with Gasteiger partial charge in [-0.05, 0) is 56.5 Å². The number of amides is 3. The Morgan fingerprint density at radius 1 is 1.00 bits per heavy atom. The van der Waals surface area contributed by atoms with Crippen LogP contribution in [0.3, 0.4) is 0 Å². The summed E-state index contributed by atoms with van der Waals surface area (Å²) in [6.07, 6.45) is -0.392. The molecule has 0 aliphatic carbocycles. The lowest BCUT2D eigenvalue weighted by Crippen LogP contribution is -2.34. The molecule has 1 saturated heterocycles. The average molecular weight is 410 g/mol. The van der Waals surface area contributed by atoms with Crippen molar-refractivity contribution < 1.29 is 14.3 Å². The summed E-state index contributed by atoms with van der Waals surface area (Å²) in [5, 5.41) is 0. The second-order valence-electron chi connectivity index (χ2n) is 8.76. The van der Waals surface area contributed by atoms with Crippen LogP contribution < -0.4 is 4.90 Å². The number of carbonyl (C=O) groups excluding carboxylic acids is 2. The first-order chi connectivity index (χ1) is 14.1. The van der Waals surface area contributed by atoms with E-state index in [1.54, 1.807) is 7.05 Å². The number of nitrogens with zero attached hydrogens (tertiary/aromatic N) is 3. The van der Waals surface area contributed by atoms with E-state index in [-0.39, 0.29) is 6.03 Å². The van der Waals surface area contributed by atoms with E-state index in [2.05, 4.69) is 19.1 Å². The molecule has 0 saturated carbocycles. The normalized spacial score (nSPS) is 14.2. The Morgan fingerprint density at radius 3 is 2.20 bits per heavy atom. The Kier molecular flexibility index (Phi) is 6.34. The second kappa shape index (κ2) is 8.78. The van der Waals surface area contributed by atoms with Crippen molar-refractivity contribution in [3.05, 3.63) is 65.2 Å². The van der Waals surface area contributed by atoms with Gasteiger partial charge in [-0.2, -0.15) is 0 Å². The number of ether oxygens (including phenoxy) is 1. The van der Waals surface area contributed by atoms with E-state index >= 15 is 0 Å². The Bertz CT molecular complexity index is 903. The summed E-state index contributed by atoms with van der Waals surface area (Å²) >= 11 is 0. The first kappa shape index (κ1) is 21.7. The number of hydrogen-bond donors (Lipinski definition) is 0. The van der Waals surface area contributed by atoms with Gasteiger partial charge in [0.1, 0.15) is 5.60 Å². The third kappa shape index (κ3) is 5.32. The highest BCUT2D eigenvalue weighted by atomic mass is 16.6. The third-order valence-corrected chi connectivity index (χ3v) is 5.17. The highest BCUT2D eigenvalue weighted by Crippen LogP contribution is 2.21. The highest BCUT2D eigenvalue weighted by Gasteiger charge is 2.28. The van der Waals surface area contributed by atoms with Crippen LogP contribution in [0.4, 0.5) is 15.3 Å². The van der Waals surface area contributed by atoms with Crippen molar-refractivity contribution in [2.45, 2.75) is 46.4 Å². The van der Waals surface area contributed by atoms with Crippen LogP contribution in [0.1, 0.15) is 37.5 Å². The molecule has 1 aliphatic rings. The fraction of sp³-hybridized carbons (Fsp3) is 0.417. The van der Waals surface area contributed by atoms with Crippen molar-refractivity contribution in [3.8, 4) is 0 Å². The number of anilines is 1. The van der Waals surface area contributed by atoms with E-state index in [1.165, 1.54) is 16.0 Å². The zero-order chi connectivity index (χ0) is 21.9. The van der Waals surface area contributed by atoms with Crippen LogP contribution in [0.2, 0.25) is 0 Å². The van der Waals surface area contributed by atoms with Gasteiger partial charge < -0.3 is 14.5 Å².